The maximum Gasteiger partial charge on any atom is 0.311 e. The van der Waals surface area contributed by atoms with Gasteiger partial charge >= 0.3 is 5.69 Å². The molecule has 1 aromatic carbocycles. The summed E-state index contributed by atoms with van der Waals surface area (Å²) in [7, 11) is 0. The van der Waals surface area contributed by atoms with Gasteiger partial charge in [-0.3, -0.25) is 15.1 Å². The summed E-state index contributed by atoms with van der Waals surface area (Å²) in [5.41, 5.74) is 1.50. The van der Waals surface area contributed by atoms with Crippen molar-refractivity contribution in [1.82, 2.24) is 4.98 Å². The number of hydrogen-bond donors (Lipinski definition) is 2. The maximum absolute atomic E-state index is 10.9. The van der Waals surface area contributed by atoms with Crippen LogP contribution in [-0.2, 0) is 0 Å². The summed E-state index contributed by atoms with van der Waals surface area (Å²) in [6.07, 6.45) is 3.62. The molecule has 0 fully saturated rings. The van der Waals surface area contributed by atoms with Crippen LogP contribution in [0.1, 0.15) is 6.42 Å². The zero-order valence-electron chi connectivity index (χ0n) is 11.3. The van der Waals surface area contributed by atoms with Crippen molar-refractivity contribution >= 4 is 33.0 Å². The second-order valence-corrected chi connectivity index (χ2v) is 5.20. The van der Waals surface area contributed by atoms with Crippen LogP contribution in [0.15, 0.2) is 47.2 Å². The summed E-state index contributed by atoms with van der Waals surface area (Å²) in [6, 6.07) is 9.90. The summed E-state index contributed by atoms with van der Waals surface area (Å²) < 4.78 is 0.590. The molecule has 2 N–H and O–H groups in total. The Hall–Kier alpha value is -2.15. The van der Waals surface area contributed by atoms with Gasteiger partial charge in [-0.15, -0.1) is 0 Å². The first-order valence-electron chi connectivity index (χ1n) is 6.49. The number of para-hydroxylation sites is 1. The molecular formula is C14H15BrN4O2. The van der Waals surface area contributed by atoms with E-state index in [4.69, 9.17) is 0 Å². The number of halogens is 1. The first-order valence-corrected chi connectivity index (χ1v) is 7.28. The fraction of sp³-hybridized carbons (Fsp3) is 0.214. The van der Waals surface area contributed by atoms with E-state index < -0.39 is 4.92 Å². The third-order valence-corrected chi connectivity index (χ3v) is 3.44. The molecule has 0 amide bonds. The van der Waals surface area contributed by atoms with Crippen LogP contribution < -0.4 is 10.6 Å². The van der Waals surface area contributed by atoms with Crippen LogP contribution in [0.25, 0.3) is 0 Å². The molecule has 0 saturated heterocycles. The number of nitro groups is 1. The van der Waals surface area contributed by atoms with Gasteiger partial charge in [-0.05, 0) is 34.5 Å². The highest BCUT2D eigenvalue weighted by molar-refractivity contribution is 9.10. The Labute approximate surface area is 130 Å². The first-order chi connectivity index (χ1) is 10.2. The summed E-state index contributed by atoms with van der Waals surface area (Å²) in [6.45, 7) is 1.41. The van der Waals surface area contributed by atoms with Crippen molar-refractivity contribution in [3.05, 3.63) is 57.3 Å². The number of aromatic nitrogens is 1. The Bertz CT molecular complexity index is 607. The lowest BCUT2D eigenvalue weighted by Gasteiger charge is -2.09. The van der Waals surface area contributed by atoms with Gasteiger partial charge in [-0.1, -0.05) is 18.2 Å². The maximum atomic E-state index is 10.9. The SMILES string of the molecule is O=[N+]([O-])c1cncc(Br)c1NCCCNc1ccccc1. The normalized spacial score (nSPS) is 10.1. The molecular weight excluding hydrogens is 336 g/mol. The lowest BCUT2D eigenvalue weighted by atomic mass is 10.3. The number of anilines is 2. The second kappa shape index (κ2) is 7.58. The predicted molar refractivity (Wildman–Crippen MR) is 86.6 cm³/mol. The molecule has 6 nitrogen and oxygen atoms in total. The number of rotatable bonds is 7. The monoisotopic (exact) mass is 350 g/mol. The number of nitrogens with one attached hydrogen (secondary N) is 2. The molecule has 0 saturated carbocycles. The topological polar surface area (TPSA) is 80.1 Å². The molecule has 0 radical (unpaired) electrons. The van der Waals surface area contributed by atoms with Crippen molar-refractivity contribution in [2.45, 2.75) is 6.42 Å². The second-order valence-electron chi connectivity index (χ2n) is 4.35. The van der Waals surface area contributed by atoms with Crippen LogP contribution in [0.4, 0.5) is 17.1 Å². The molecule has 0 unspecified atom stereocenters. The Kier molecular flexibility index (Phi) is 5.51. The fourth-order valence-corrected chi connectivity index (χ4v) is 2.29. The lowest BCUT2D eigenvalue weighted by Crippen LogP contribution is -2.10. The summed E-state index contributed by atoms with van der Waals surface area (Å²) in [4.78, 5) is 14.3. The van der Waals surface area contributed by atoms with Crippen LogP contribution in [0, 0.1) is 10.1 Å². The van der Waals surface area contributed by atoms with Gasteiger partial charge in [0, 0.05) is 25.0 Å². The van der Waals surface area contributed by atoms with Crippen molar-refractivity contribution in [1.29, 1.82) is 0 Å². The summed E-state index contributed by atoms with van der Waals surface area (Å²) in [5, 5.41) is 17.3. The smallest absolute Gasteiger partial charge is 0.311 e. The van der Waals surface area contributed by atoms with Gasteiger partial charge in [0.2, 0.25) is 0 Å². The molecule has 1 heterocycles. The van der Waals surface area contributed by atoms with Gasteiger partial charge in [0.05, 0.1) is 9.40 Å². The molecule has 110 valence electrons. The molecule has 2 rings (SSSR count). The molecule has 0 aliphatic carbocycles. The van der Waals surface area contributed by atoms with Crippen LogP contribution in [0.3, 0.4) is 0 Å². The van der Waals surface area contributed by atoms with Gasteiger partial charge in [0.15, 0.2) is 0 Å². The van der Waals surface area contributed by atoms with Crippen molar-refractivity contribution in [3.63, 3.8) is 0 Å². The van der Waals surface area contributed by atoms with E-state index in [0.29, 0.717) is 16.7 Å². The van der Waals surface area contributed by atoms with Crippen LogP contribution in [-0.4, -0.2) is 23.0 Å². The van der Waals surface area contributed by atoms with Gasteiger partial charge in [0.1, 0.15) is 11.9 Å². The van der Waals surface area contributed by atoms with Gasteiger partial charge < -0.3 is 10.6 Å². The van der Waals surface area contributed by atoms with Gasteiger partial charge in [-0.25, -0.2) is 0 Å². The number of nitrogens with zero attached hydrogens (tertiary/aromatic N) is 2. The molecule has 0 spiro atoms. The Morgan fingerprint density at radius 1 is 1.14 bits per heavy atom. The first kappa shape index (κ1) is 15.2. The third-order valence-electron chi connectivity index (χ3n) is 2.83. The Balaban J connectivity index is 1.83. The van der Waals surface area contributed by atoms with E-state index in [1.807, 2.05) is 30.3 Å². The molecule has 7 heteroatoms. The molecule has 0 aliphatic heterocycles. The summed E-state index contributed by atoms with van der Waals surface area (Å²) >= 11 is 3.28. The number of benzene rings is 1. The van der Waals surface area contributed by atoms with Crippen LogP contribution in [0.2, 0.25) is 0 Å². The minimum absolute atomic E-state index is 0.0274. The number of pyridine rings is 1. The van der Waals surface area contributed by atoms with E-state index in [2.05, 4.69) is 31.5 Å². The van der Waals surface area contributed by atoms with E-state index in [1.165, 1.54) is 12.4 Å². The van der Waals surface area contributed by atoms with Crippen molar-refractivity contribution in [2.75, 3.05) is 23.7 Å². The molecule has 0 atom stereocenters. The average Bonchev–Trinajstić information content (AvgIpc) is 2.49. The minimum atomic E-state index is -0.442. The largest absolute Gasteiger partial charge is 0.385 e. The minimum Gasteiger partial charge on any atom is -0.385 e. The zero-order valence-corrected chi connectivity index (χ0v) is 12.8. The van der Waals surface area contributed by atoms with Crippen molar-refractivity contribution in [2.24, 2.45) is 0 Å². The fourth-order valence-electron chi connectivity index (χ4n) is 1.83. The Morgan fingerprint density at radius 3 is 2.57 bits per heavy atom. The van der Waals surface area contributed by atoms with Gasteiger partial charge in [0.25, 0.3) is 0 Å². The highest BCUT2D eigenvalue weighted by Crippen LogP contribution is 2.30. The van der Waals surface area contributed by atoms with Gasteiger partial charge in [-0.2, -0.15) is 0 Å². The van der Waals surface area contributed by atoms with Crippen LogP contribution >= 0.6 is 15.9 Å². The third kappa shape index (κ3) is 4.42. The van der Waals surface area contributed by atoms with E-state index in [0.717, 1.165) is 18.7 Å². The molecule has 0 aliphatic rings. The van der Waals surface area contributed by atoms with Crippen LogP contribution in [0.5, 0.6) is 0 Å². The molecule has 0 bridgehead atoms. The van der Waals surface area contributed by atoms with E-state index in [1.54, 1.807) is 0 Å². The number of hydrogen-bond acceptors (Lipinski definition) is 5. The quantitative estimate of drug-likeness (QED) is 0.452. The zero-order chi connectivity index (χ0) is 15.1. The van der Waals surface area contributed by atoms with Crippen molar-refractivity contribution < 1.29 is 4.92 Å². The predicted octanol–water partition coefficient (Wildman–Crippen LogP) is 3.67. The highest BCUT2D eigenvalue weighted by atomic mass is 79.9. The lowest BCUT2D eigenvalue weighted by molar-refractivity contribution is -0.384. The Morgan fingerprint density at radius 2 is 1.86 bits per heavy atom. The average molecular weight is 351 g/mol. The van der Waals surface area contributed by atoms with E-state index in [9.17, 15) is 10.1 Å². The highest BCUT2D eigenvalue weighted by Gasteiger charge is 2.16. The molecule has 1 aromatic heterocycles. The molecule has 2 aromatic rings. The summed E-state index contributed by atoms with van der Waals surface area (Å²) in [5.74, 6) is 0. The standard InChI is InChI=1S/C14H15BrN4O2/c15-12-9-16-10-13(19(20)21)14(12)18-8-4-7-17-11-5-2-1-3-6-11/h1-3,5-6,9-10,17H,4,7-8H2,(H,16,18). The van der Waals surface area contributed by atoms with E-state index >= 15 is 0 Å². The van der Waals surface area contributed by atoms with Crippen molar-refractivity contribution in [3.8, 4) is 0 Å². The van der Waals surface area contributed by atoms with E-state index in [-0.39, 0.29) is 5.69 Å². The molecule has 21 heavy (non-hydrogen) atoms.